The molecule has 0 bridgehead atoms. The molecule has 0 aliphatic carbocycles. The number of aromatic carboxylic acids is 1. The zero-order chi connectivity index (χ0) is 28.9. The molecular formula is C25H26F2N4O8. The molecule has 4 amide bonds. The lowest BCUT2D eigenvalue weighted by Crippen LogP contribution is -2.48. The third-order valence-electron chi connectivity index (χ3n) is 6.22. The topological polar surface area (TPSA) is 168 Å². The number of nitro benzene ring substituents is 1. The number of hydrogen-bond donors (Lipinski definition) is 3. The SMILES string of the molecule is CCC[C@@H](NC(=O)N1CC(=O)NC[C@@H](Cc2cc(F)c(F)cc2OC)C1=O)c1ccc(C(=O)O)c([N+](=O)[O-])c1. The van der Waals surface area contributed by atoms with Crippen LogP contribution in [0.15, 0.2) is 30.3 Å². The van der Waals surface area contributed by atoms with Crippen molar-refractivity contribution < 1.29 is 42.7 Å². The number of urea groups is 1. The summed E-state index contributed by atoms with van der Waals surface area (Å²) in [4.78, 5) is 61.5. The largest absolute Gasteiger partial charge is 0.496 e. The van der Waals surface area contributed by atoms with Crippen LogP contribution in [0.5, 0.6) is 5.75 Å². The number of ether oxygens (including phenoxy) is 1. The number of amides is 4. The van der Waals surface area contributed by atoms with Gasteiger partial charge in [-0.25, -0.2) is 18.4 Å². The molecule has 1 aliphatic heterocycles. The van der Waals surface area contributed by atoms with Crippen LogP contribution in [0.25, 0.3) is 0 Å². The molecule has 3 N–H and O–H groups in total. The zero-order valence-electron chi connectivity index (χ0n) is 21.0. The number of nitrogens with zero attached hydrogens (tertiary/aromatic N) is 2. The smallest absolute Gasteiger partial charge is 0.342 e. The summed E-state index contributed by atoms with van der Waals surface area (Å²) in [5.41, 5.74) is -0.807. The number of carboxylic acids is 1. The number of imide groups is 1. The van der Waals surface area contributed by atoms with Crippen LogP contribution < -0.4 is 15.4 Å². The second-order valence-electron chi connectivity index (χ2n) is 8.84. The van der Waals surface area contributed by atoms with Crippen LogP contribution in [0.1, 0.15) is 47.3 Å². The van der Waals surface area contributed by atoms with Gasteiger partial charge in [-0.3, -0.25) is 24.6 Å². The van der Waals surface area contributed by atoms with Gasteiger partial charge in [-0.15, -0.1) is 0 Å². The van der Waals surface area contributed by atoms with E-state index in [2.05, 4.69) is 10.6 Å². The molecule has 2 atom stereocenters. The van der Waals surface area contributed by atoms with Gasteiger partial charge in [0.25, 0.3) is 5.69 Å². The van der Waals surface area contributed by atoms with Gasteiger partial charge in [0.1, 0.15) is 17.9 Å². The van der Waals surface area contributed by atoms with Crippen LogP contribution in [-0.2, 0) is 16.0 Å². The molecule has 39 heavy (non-hydrogen) atoms. The normalized spacial score (nSPS) is 16.2. The first-order valence-corrected chi connectivity index (χ1v) is 11.9. The first-order valence-electron chi connectivity index (χ1n) is 11.9. The van der Waals surface area contributed by atoms with Crippen molar-refractivity contribution in [3.63, 3.8) is 0 Å². The Bertz CT molecular complexity index is 1320. The van der Waals surface area contributed by atoms with Gasteiger partial charge in [-0.2, -0.15) is 0 Å². The number of hydrogen-bond acceptors (Lipinski definition) is 7. The molecule has 1 aliphatic rings. The summed E-state index contributed by atoms with van der Waals surface area (Å²) < 4.78 is 32.6. The fourth-order valence-corrected chi connectivity index (χ4v) is 4.27. The van der Waals surface area contributed by atoms with Crippen molar-refractivity contribution in [1.82, 2.24) is 15.5 Å². The molecule has 3 rings (SSSR count). The van der Waals surface area contributed by atoms with E-state index in [0.717, 1.165) is 24.3 Å². The van der Waals surface area contributed by atoms with Crippen molar-refractivity contribution in [2.24, 2.45) is 5.92 Å². The molecule has 1 heterocycles. The van der Waals surface area contributed by atoms with Crippen LogP contribution in [0.3, 0.4) is 0 Å². The van der Waals surface area contributed by atoms with Crippen molar-refractivity contribution in [2.75, 3.05) is 20.2 Å². The Balaban J connectivity index is 1.88. The van der Waals surface area contributed by atoms with Crippen molar-refractivity contribution >= 4 is 29.5 Å². The molecule has 0 aromatic heterocycles. The number of rotatable bonds is 9. The molecule has 0 unspecified atom stereocenters. The van der Waals surface area contributed by atoms with Gasteiger partial charge in [-0.1, -0.05) is 19.4 Å². The fraction of sp³-hybridized carbons (Fsp3) is 0.360. The fourth-order valence-electron chi connectivity index (χ4n) is 4.27. The van der Waals surface area contributed by atoms with Crippen LogP contribution >= 0.6 is 0 Å². The Morgan fingerprint density at radius 3 is 2.56 bits per heavy atom. The highest BCUT2D eigenvalue weighted by atomic mass is 19.2. The summed E-state index contributed by atoms with van der Waals surface area (Å²) in [6.07, 6.45) is 0.607. The maximum absolute atomic E-state index is 13.9. The second-order valence-corrected chi connectivity index (χ2v) is 8.84. The van der Waals surface area contributed by atoms with E-state index in [-0.39, 0.29) is 36.3 Å². The lowest BCUT2D eigenvalue weighted by atomic mass is 9.97. The maximum Gasteiger partial charge on any atom is 0.342 e. The molecular weight excluding hydrogens is 522 g/mol. The number of carbonyl (C=O) groups is 4. The van der Waals surface area contributed by atoms with Gasteiger partial charge in [0, 0.05) is 18.7 Å². The Morgan fingerprint density at radius 2 is 1.95 bits per heavy atom. The third kappa shape index (κ3) is 6.64. The van der Waals surface area contributed by atoms with Crippen molar-refractivity contribution in [2.45, 2.75) is 32.2 Å². The number of carboxylic acid groups (broad SMARTS) is 1. The highest BCUT2D eigenvalue weighted by Crippen LogP contribution is 2.28. The number of carbonyl (C=O) groups excluding carboxylic acids is 3. The molecule has 0 saturated carbocycles. The Morgan fingerprint density at radius 1 is 1.26 bits per heavy atom. The average Bonchev–Trinajstić information content (AvgIpc) is 3.03. The summed E-state index contributed by atoms with van der Waals surface area (Å²) in [6, 6.07) is 3.32. The van der Waals surface area contributed by atoms with Crippen LogP contribution in [0.4, 0.5) is 19.3 Å². The quantitative estimate of drug-likeness (QED) is 0.317. The van der Waals surface area contributed by atoms with Gasteiger partial charge in [-0.05, 0) is 36.1 Å². The van der Waals surface area contributed by atoms with E-state index in [9.17, 15) is 43.2 Å². The lowest BCUT2D eigenvalue weighted by molar-refractivity contribution is -0.385. The van der Waals surface area contributed by atoms with Crippen LogP contribution in [-0.4, -0.2) is 58.9 Å². The van der Waals surface area contributed by atoms with Crippen LogP contribution in [0.2, 0.25) is 0 Å². The molecule has 12 nitrogen and oxygen atoms in total. The minimum atomic E-state index is -1.49. The van der Waals surface area contributed by atoms with E-state index >= 15 is 0 Å². The summed E-state index contributed by atoms with van der Waals surface area (Å²) in [6.45, 7) is 0.993. The molecule has 14 heteroatoms. The standard InChI is InChI=1S/C25H26F2N4O8/c1-3-4-19(13-5-6-16(24(34)35)20(9-13)31(37)38)29-25(36)30-12-22(32)28-11-15(23(30)33)7-14-8-17(26)18(27)10-21(14)39-2/h5-6,8-10,15,19H,3-4,7,11-12H2,1-2H3,(H,28,32)(H,29,36)(H,34,35)/t15-,19-/m1/s1. The molecule has 1 saturated heterocycles. The van der Waals surface area contributed by atoms with Gasteiger partial charge in [0.15, 0.2) is 11.6 Å². The van der Waals surface area contributed by atoms with Crippen LogP contribution in [0, 0.1) is 27.7 Å². The highest BCUT2D eigenvalue weighted by molar-refractivity contribution is 6.01. The monoisotopic (exact) mass is 548 g/mol. The highest BCUT2D eigenvalue weighted by Gasteiger charge is 2.35. The van der Waals surface area contributed by atoms with Gasteiger partial charge < -0.3 is 20.5 Å². The number of benzene rings is 2. The minimum Gasteiger partial charge on any atom is -0.496 e. The maximum atomic E-state index is 13.9. The zero-order valence-corrected chi connectivity index (χ0v) is 21.0. The number of halogens is 2. The summed E-state index contributed by atoms with van der Waals surface area (Å²) in [5.74, 6) is -6.23. The van der Waals surface area contributed by atoms with Crippen molar-refractivity contribution in [3.05, 3.63) is 68.8 Å². The lowest BCUT2D eigenvalue weighted by Gasteiger charge is -2.26. The van der Waals surface area contributed by atoms with E-state index in [1.54, 1.807) is 6.92 Å². The Hall–Kier alpha value is -4.62. The first-order chi connectivity index (χ1) is 18.5. The number of methoxy groups -OCH3 is 1. The van der Waals surface area contributed by atoms with E-state index in [4.69, 9.17) is 4.74 Å². The predicted octanol–water partition coefficient (Wildman–Crippen LogP) is 2.95. The first kappa shape index (κ1) is 28.9. The van der Waals surface area contributed by atoms with Crippen molar-refractivity contribution in [1.29, 1.82) is 0 Å². The Kier molecular flexibility index (Phi) is 9.12. The molecule has 0 spiro atoms. The van der Waals surface area contributed by atoms with Gasteiger partial charge in [0.2, 0.25) is 11.8 Å². The molecule has 2 aromatic carbocycles. The second kappa shape index (κ2) is 12.3. The van der Waals surface area contributed by atoms with Gasteiger partial charge >= 0.3 is 12.0 Å². The molecule has 1 fully saturated rings. The summed E-state index contributed by atoms with van der Waals surface area (Å²) in [5, 5.41) is 25.8. The average molecular weight is 548 g/mol. The summed E-state index contributed by atoms with van der Waals surface area (Å²) in [7, 11) is 1.24. The van der Waals surface area contributed by atoms with Crippen molar-refractivity contribution in [3.8, 4) is 5.75 Å². The summed E-state index contributed by atoms with van der Waals surface area (Å²) >= 11 is 0. The minimum absolute atomic E-state index is 0.0114. The molecule has 2 aromatic rings. The van der Waals surface area contributed by atoms with E-state index in [1.807, 2.05) is 0 Å². The van der Waals surface area contributed by atoms with E-state index in [0.29, 0.717) is 11.3 Å². The predicted molar refractivity (Wildman–Crippen MR) is 131 cm³/mol. The third-order valence-corrected chi connectivity index (χ3v) is 6.22. The van der Waals surface area contributed by atoms with Gasteiger partial charge in [0.05, 0.1) is 24.0 Å². The molecule has 0 radical (unpaired) electrons. The Labute approximate surface area is 221 Å². The van der Waals surface area contributed by atoms with E-state index in [1.165, 1.54) is 13.2 Å². The number of nitro groups is 1. The van der Waals surface area contributed by atoms with E-state index < -0.39 is 70.1 Å². The molecule has 208 valence electrons. The number of nitrogens with one attached hydrogen (secondary N) is 2.